The van der Waals surface area contributed by atoms with Crippen molar-refractivity contribution in [2.24, 2.45) is 11.5 Å². The summed E-state index contributed by atoms with van der Waals surface area (Å²) in [5, 5.41) is 8.17. The predicted molar refractivity (Wildman–Crippen MR) is 76.8 cm³/mol. The standard InChI is InChI=1S/C6H12O2.C3H4S2.CH5N3/c1-3-4-5-8-6(2)7;1-2-4-5-3-1;2-1(3)4/h3-5H2,1-2H3;1-2H,3H2;(H5,2,3,4). The maximum Gasteiger partial charge on any atom is 0.302 e. The lowest BCUT2D eigenvalue weighted by atomic mass is 10.4. The van der Waals surface area contributed by atoms with E-state index in [1.807, 2.05) is 21.6 Å². The SMILES string of the molecule is C1=CSSC1.CCCCOC(C)=O.N=C(N)N. The average molecular weight is 279 g/mol. The van der Waals surface area contributed by atoms with Gasteiger partial charge in [0.2, 0.25) is 0 Å². The molecule has 100 valence electrons. The molecule has 0 radical (unpaired) electrons. The van der Waals surface area contributed by atoms with E-state index in [2.05, 4.69) is 34.6 Å². The Balaban J connectivity index is 0. The van der Waals surface area contributed by atoms with Crippen molar-refractivity contribution in [2.75, 3.05) is 12.4 Å². The Hall–Kier alpha value is -0.820. The number of hydrogen-bond donors (Lipinski definition) is 3. The first-order chi connectivity index (χ1) is 8.00. The third-order valence-electron chi connectivity index (χ3n) is 1.19. The summed E-state index contributed by atoms with van der Waals surface area (Å²) in [7, 11) is 3.69. The molecule has 0 bridgehead atoms. The van der Waals surface area contributed by atoms with Crippen molar-refractivity contribution < 1.29 is 9.53 Å². The largest absolute Gasteiger partial charge is 0.466 e. The predicted octanol–water partition coefficient (Wildman–Crippen LogP) is 2.08. The van der Waals surface area contributed by atoms with Crippen LogP contribution in [0.5, 0.6) is 0 Å². The van der Waals surface area contributed by atoms with Gasteiger partial charge < -0.3 is 16.2 Å². The number of ether oxygens (including phenoxy) is 1. The average Bonchev–Trinajstić information content (AvgIpc) is 2.74. The highest BCUT2D eigenvalue weighted by atomic mass is 33.1. The van der Waals surface area contributed by atoms with E-state index in [4.69, 9.17) is 5.41 Å². The fourth-order valence-corrected chi connectivity index (χ4v) is 2.13. The van der Waals surface area contributed by atoms with E-state index in [9.17, 15) is 4.79 Å². The normalized spacial score (nSPS) is 11.6. The Morgan fingerprint density at radius 3 is 2.35 bits per heavy atom. The molecule has 17 heavy (non-hydrogen) atoms. The van der Waals surface area contributed by atoms with Gasteiger partial charge in [0.05, 0.1) is 6.61 Å². The van der Waals surface area contributed by atoms with E-state index in [0.29, 0.717) is 6.61 Å². The minimum atomic E-state index is -0.333. The summed E-state index contributed by atoms with van der Waals surface area (Å²) < 4.78 is 4.64. The monoisotopic (exact) mass is 279 g/mol. The first-order valence-corrected chi connectivity index (χ1v) is 7.55. The van der Waals surface area contributed by atoms with E-state index < -0.39 is 0 Å². The van der Waals surface area contributed by atoms with Crippen LogP contribution in [-0.2, 0) is 9.53 Å². The Morgan fingerprint density at radius 2 is 2.12 bits per heavy atom. The first kappa shape index (κ1) is 18.5. The highest BCUT2D eigenvalue weighted by molar-refractivity contribution is 8.78. The van der Waals surface area contributed by atoms with Gasteiger partial charge in [-0.25, -0.2) is 0 Å². The second-order valence-corrected chi connectivity index (χ2v) is 5.22. The van der Waals surface area contributed by atoms with Crippen LogP contribution >= 0.6 is 21.6 Å². The van der Waals surface area contributed by atoms with Gasteiger partial charge in [-0.3, -0.25) is 10.2 Å². The summed E-state index contributed by atoms with van der Waals surface area (Å²) in [6.45, 7) is 4.06. The molecular formula is C10H21N3O2S2. The highest BCUT2D eigenvalue weighted by Crippen LogP contribution is 2.27. The van der Waals surface area contributed by atoms with Crippen molar-refractivity contribution in [1.82, 2.24) is 0 Å². The Bertz CT molecular complexity index is 226. The molecule has 0 saturated heterocycles. The number of nitrogens with one attached hydrogen (secondary N) is 1. The molecule has 0 aliphatic carbocycles. The second-order valence-electron chi connectivity index (χ2n) is 2.90. The maximum absolute atomic E-state index is 10.1. The number of carbonyl (C=O) groups excluding carboxylic acids is 1. The number of carbonyl (C=O) groups is 1. The summed E-state index contributed by atoms with van der Waals surface area (Å²) in [4.78, 5) is 10.1. The molecular weight excluding hydrogens is 258 g/mol. The van der Waals surface area contributed by atoms with Crippen LogP contribution < -0.4 is 11.5 Å². The molecule has 0 saturated carbocycles. The smallest absolute Gasteiger partial charge is 0.302 e. The lowest BCUT2D eigenvalue weighted by Gasteiger charge is -1.96. The highest BCUT2D eigenvalue weighted by Gasteiger charge is 1.88. The van der Waals surface area contributed by atoms with Gasteiger partial charge >= 0.3 is 5.97 Å². The van der Waals surface area contributed by atoms with E-state index in [1.54, 1.807) is 0 Å². The topological polar surface area (TPSA) is 102 Å². The van der Waals surface area contributed by atoms with E-state index in [0.717, 1.165) is 12.8 Å². The summed E-state index contributed by atoms with van der Waals surface area (Å²) in [6.07, 6.45) is 4.21. The first-order valence-electron chi connectivity index (χ1n) is 5.16. The molecule has 0 aromatic carbocycles. The number of nitrogens with two attached hydrogens (primary N) is 2. The molecule has 1 aliphatic rings. The molecule has 7 heteroatoms. The van der Waals surface area contributed by atoms with Crippen LogP contribution in [0.2, 0.25) is 0 Å². The van der Waals surface area contributed by atoms with Gasteiger partial charge in [0.25, 0.3) is 0 Å². The van der Waals surface area contributed by atoms with Crippen molar-refractivity contribution in [1.29, 1.82) is 5.41 Å². The fraction of sp³-hybridized carbons (Fsp3) is 0.600. The van der Waals surface area contributed by atoms with Gasteiger partial charge in [0.15, 0.2) is 5.96 Å². The van der Waals surface area contributed by atoms with Gasteiger partial charge in [-0.2, -0.15) is 0 Å². The van der Waals surface area contributed by atoms with Gasteiger partial charge in [-0.1, -0.05) is 41.0 Å². The minimum Gasteiger partial charge on any atom is -0.466 e. The fourth-order valence-electron chi connectivity index (χ4n) is 0.557. The summed E-state index contributed by atoms with van der Waals surface area (Å²) in [6, 6.07) is 0. The van der Waals surface area contributed by atoms with Crippen LogP contribution in [0.4, 0.5) is 0 Å². The number of unbranched alkanes of at least 4 members (excludes halogenated alkanes) is 1. The molecule has 0 aromatic heterocycles. The molecule has 5 N–H and O–H groups in total. The number of hydrogen-bond acceptors (Lipinski definition) is 5. The van der Waals surface area contributed by atoms with Gasteiger partial charge in [-0.05, 0) is 11.8 Å². The number of guanidine groups is 1. The van der Waals surface area contributed by atoms with Crippen molar-refractivity contribution in [2.45, 2.75) is 26.7 Å². The lowest BCUT2D eigenvalue weighted by molar-refractivity contribution is -0.141. The lowest BCUT2D eigenvalue weighted by Crippen LogP contribution is -2.20. The van der Waals surface area contributed by atoms with Gasteiger partial charge in [-0.15, -0.1) is 0 Å². The minimum absolute atomic E-state index is 0.182. The summed E-state index contributed by atoms with van der Waals surface area (Å²) in [5.41, 5.74) is 8.94. The molecule has 1 aliphatic heterocycles. The van der Waals surface area contributed by atoms with Gasteiger partial charge in [0.1, 0.15) is 0 Å². The third kappa shape index (κ3) is 31.3. The summed E-state index contributed by atoms with van der Waals surface area (Å²) >= 11 is 0. The van der Waals surface area contributed by atoms with Crippen LogP contribution in [0.1, 0.15) is 26.7 Å². The van der Waals surface area contributed by atoms with E-state index in [1.165, 1.54) is 12.7 Å². The molecule has 0 aromatic rings. The maximum atomic E-state index is 10.1. The Labute approximate surface area is 111 Å². The zero-order valence-corrected chi connectivity index (χ0v) is 11.9. The van der Waals surface area contributed by atoms with Crippen LogP contribution in [0.15, 0.2) is 11.5 Å². The summed E-state index contributed by atoms with van der Waals surface area (Å²) in [5.74, 6) is 0.684. The quantitative estimate of drug-likeness (QED) is 0.240. The molecule has 0 atom stereocenters. The molecule has 0 unspecified atom stereocenters. The molecule has 0 amide bonds. The Kier molecular flexibility index (Phi) is 16.6. The Morgan fingerprint density at radius 1 is 1.53 bits per heavy atom. The van der Waals surface area contributed by atoms with Crippen LogP contribution in [0.25, 0.3) is 0 Å². The van der Waals surface area contributed by atoms with Crippen LogP contribution in [0, 0.1) is 5.41 Å². The number of esters is 1. The zero-order chi connectivity index (χ0) is 13.5. The zero-order valence-electron chi connectivity index (χ0n) is 10.3. The van der Waals surface area contributed by atoms with Crippen molar-refractivity contribution in [3.63, 3.8) is 0 Å². The van der Waals surface area contributed by atoms with Crippen LogP contribution in [-0.4, -0.2) is 24.3 Å². The van der Waals surface area contributed by atoms with Gasteiger partial charge in [0, 0.05) is 12.7 Å². The van der Waals surface area contributed by atoms with E-state index >= 15 is 0 Å². The van der Waals surface area contributed by atoms with Crippen molar-refractivity contribution in [3.05, 3.63) is 11.5 Å². The molecule has 1 rings (SSSR count). The van der Waals surface area contributed by atoms with Crippen molar-refractivity contribution in [3.8, 4) is 0 Å². The second kappa shape index (κ2) is 15.2. The van der Waals surface area contributed by atoms with Crippen molar-refractivity contribution >= 4 is 33.5 Å². The van der Waals surface area contributed by atoms with E-state index in [-0.39, 0.29) is 11.9 Å². The molecule has 0 fully saturated rings. The van der Waals surface area contributed by atoms with Crippen LogP contribution in [0.3, 0.4) is 0 Å². The molecule has 0 spiro atoms. The third-order valence-corrected chi connectivity index (χ3v) is 3.11. The number of rotatable bonds is 3. The molecule has 5 nitrogen and oxygen atoms in total. The molecule has 1 heterocycles.